The average Bonchev–Trinajstić information content (AvgIpc) is 3.20. The van der Waals surface area contributed by atoms with Crippen LogP contribution in [0.1, 0.15) is 46.3 Å². The van der Waals surface area contributed by atoms with E-state index in [-0.39, 0.29) is 5.91 Å². The number of para-hydroxylation sites is 1. The smallest absolute Gasteiger partial charge is 0.272 e. The second-order valence-electron chi connectivity index (χ2n) is 7.66. The standard InChI is InChI=1S/C22H27N3O2S/c1-14(2)16-6-4-5-7-18(16)24-22(26)20-17(13-25-8-10-27-11-9-25)21-19(23-20)12-15(3)28-21/h4-7,12,14,23H,8-11,13H2,1-3H3,(H,24,26). The zero-order valence-electron chi connectivity index (χ0n) is 16.7. The number of aromatic amines is 1. The van der Waals surface area contributed by atoms with Gasteiger partial charge in [0.2, 0.25) is 0 Å². The lowest BCUT2D eigenvalue weighted by atomic mass is 10.0. The van der Waals surface area contributed by atoms with E-state index in [0.29, 0.717) is 11.6 Å². The SMILES string of the molecule is Cc1cc2[nH]c(C(=O)Nc3ccccc3C(C)C)c(CN3CCOCC3)c2s1. The van der Waals surface area contributed by atoms with Crippen LogP contribution in [0.25, 0.3) is 10.2 Å². The Morgan fingerprint density at radius 3 is 2.79 bits per heavy atom. The highest BCUT2D eigenvalue weighted by atomic mass is 32.1. The summed E-state index contributed by atoms with van der Waals surface area (Å²) in [5.41, 5.74) is 4.85. The summed E-state index contributed by atoms with van der Waals surface area (Å²) in [6.07, 6.45) is 0. The Hall–Kier alpha value is -2.15. The summed E-state index contributed by atoms with van der Waals surface area (Å²) in [4.78, 5) is 20.2. The summed E-state index contributed by atoms with van der Waals surface area (Å²) in [5, 5.41) is 3.14. The molecule has 6 heteroatoms. The van der Waals surface area contributed by atoms with Crippen molar-refractivity contribution in [3.05, 3.63) is 52.0 Å². The van der Waals surface area contributed by atoms with Gasteiger partial charge >= 0.3 is 0 Å². The molecule has 1 aromatic carbocycles. The van der Waals surface area contributed by atoms with Crippen LogP contribution >= 0.6 is 11.3 Å². The van der Waals surface area contributed by atoms with Crippen LogP contribution in [0.2, 0.25) is 0 Å². The van der Waals surface area contributed by atoms with E-state index in [9.17, 15) is 4.79 Å². The van der Waals surface area contributed by atoms with E-state index in [4.69, 9.17) is 4.74 Å². The van der Waals surface area contributed by atoms with Crippen LogP contribution in [0.4, 0.5) is 5.69 Å². The maximum absolute atomic E-state index is 13.2. The maximum Gasteiger partial charge on any atom is 0.272 e. The minimum Gasteiger partial charge on any atom is -0.379 e. The van der Waals surface area contributed by atoms with Crippen LogP contribution in [0, 0.1) is 6.92 Å². The van der Waals surface area contributed by atoms with Gasteiger partial charge in [-0.15, -0.1) is 11.3 Å². The molecule has 0 saturated carbocycles. The Balaban J connectivity index is 1.66. The summed E-state index contributed by atoms with van der Waals surface area (Å²) in [6, 6.07) is 10.2. The molecule has 2 N–H and O–H groups in total. The number of anilines is 1. The van der Waals surface area contributed by atoms with Gasteiger partial charge in [0.25, 0.3) is 5.91 Å². The Labute approximate surface area is 169 Å². The summed E-state index contributed by atoms with van der Waals surface area (Å²) in [7, 11) is 0. The van der Waals surface area contributed by atoms with Crippen LogP contribution in [0.15, 0.2) is 30.3 Å². The Morgan fingerprint density at radius 1 is 1.29 bits per heavy atom. The molecule has 28 heavy (non-hydrogen) atoms. The third-order valence-electron chi connectivity index (χ3n) is 5.23. The van der Waals surface area contributed by atoms with E-state index in [1.54, 1.807) is 11.3 Å². The van der Waals surface area contributed by atoms with Gasteiger partial charge < -0.3 is 15.0 Å². The third kappa shape index (κ3) is 3.85. The molecule has 2 aromatic heterocycles. The number of rotatable bonds is 5. The number of thiophene rings is 1. The van der Waals surface area contributed by atoms with Crippen LogP contribution < -0.4 is 5.32 Å². The van der Waals surface area contributed by atoms with Gasteiger partial charge in [0.1, 0.15) is 5.69 Å². The highest BCUT2D eigenvalue weighted by Crippen LogP contribution is 2.33. The number of carbonyl (C=O) groups excluding carboxylic acids is 1. The van der Waals surface area contributed by atoms with Crippen molar-refractivity contribution in [3.63, 3.8) is 0 Å². The van der Waals surface area contributed by atoms with E-state index >= 15 is 0 Å². The van der Waals surface area contributed by atoms with E-state index in [0.717, 1.165) is 55.2 Å². The highest BCUT2D eigenvalue weighted by molar-refractivity contribution is 7.19. The summed E-state index contributed by atoms with van der Waals surface area (Å²) >= 11 is 1.75. The fourth-order valence-electron chi connectivity index (χ4n) is 3.78. The first-order chi connectivity index (χ1) is 13.5. The van der Waals surface area contributed by atoms with Gasteiger partial charge in [0.05, 0.1) is 23.4 Å². The number of nitrogens with one attached hydrogen (secondary N) is 2. The van der Waals surface area contributed by atoms with Gasteiger partial charge in [0.15, 0.2) is 0 Å². The molecule has 1 aliphatic rings. The van der Waals surface area contributed by atoms with Gasteiger partial charge in [0, 0.05) is 35.8 Å². The van der Waals surface area contributed by atoms with Crippen LogP contribution in [0.3, 0.4) is 0 Å². The normalized spacial score (nSPS) is 15.4. The Kier molecular flexibility index (Phi) is 5.53. The molecule has 0 radical (unpaired) electrons. The molecule has 1 aliphatic heterocycles. The largest absolute Gasteiger partial charge is 0.379 e. The monoisotopic (exact) mass is 397 g/mol. The topological polar surface area (TPSA) is 57.4 Å². The minimum atomic E-state index is -0.0718. The van der Waals surface area contributed by atoms with E-state index in [2.05, 4.69) is 48.1 Å². The zero-order chi connectivity index (χ0) is 19.7. The number of nitrogens with zero attached hydrogens (tertiary/aromatic N) is 1. The van der Waals surface area contributed by atoms with Crippen molar-refractivity contribution in [1.82, 2.24) is 9.88 Å². The van der Waals surface area contributed by atoms with Gasteiger partial charge in [-0.1, -0.05) is 32.0 Å². The number of benzene rings is 1. The van der Waals surface area contributed by atoms with E-state index < -0.39 is 0 Å². The lowest BCUT2D eigenvalue weighted by Crippen LogP contribution is -2.36. The number of carbonyl (C=O) groups is 1. The molecule has 4 rings (SSSR count). The number of hydrogen-bond donors (Lipinski definition) is 2. The number of H-pyrrole nitrogens is 1. The van der Waals surface area contributed by atoms with Crippen molar-refractivity contribution in [1.29, 1.82) is 0 Å². The van der Waals surface area contributed by atoms with Crippen LogP contribution in [-0.4, -0.2) is 42.1 Å². The second kappa shape index (κ2) is 8.07. The minimum absolute atomic E-state index is 0.0718. The molecule has 0 atom stereocenters. The third-order valence-corrected chi connectivity index (χ3v) is 6.34. The lowest BCUT2D eigenvalue weighted by molar-refractivity contribution is 0.0343. The lowest BCUT2D eigenvalue weighted by Gasteiger charge is -2.26. The first-order valence-electron chi connectivity index (χ1n) is 9.84. The molecular formula is C22H27N3O2S. The zero-order valence-corrected chi connectivity index (χ0v) is 17.5. The molecule has 3 heterocycles. The second-order valence-corrected chi connectivity index (χ2v) is 8.92. The Morgan fingerprint density at radius 2 is 2.04 bits per heavy atom. The molecule has 0 spiro atoms. The molecule has 0 unspecified atom stereocenters. The molecule has 0 bridgehead atoms. The predicted molar refractivity (Wildman–Crippen MR) is 115 cm³/mol. The molecule has 1 fully saturated rings. The van der Waals surface area contributed by atoms with Gasteiger partial charge in [-0.3, -0.25) is 9.69 Å². The van der Waals surface area contributed by atoms with Crippen molar-refractivity contribution >= 4 is 33.1 Å². The molecule has 148 valence electrons. The van der Waals surface area contributed by atoms with Crippen molar-refractivity contribution < 1.29 is 9.53 Å². The Bertz CT molecular complexity index is 983. The van der Waals surface area contributed by atoms with E-state index in [1.165, 1.54) is 9.58 Å². The van der Waals surface area contributed by atoms with Gasteiger partial charge in [-0.2, -0.15) is 0 Å². The molecule has 0 aliphatic carbocycles. The van der Waals surface area contributed by atoms with Crippen LogP contribution in [-0.2, 0) is 11.3 Å². The number of hydrogen-bond acceptors (Lipinski definition) is 4. The van der Waals surface area contributed by atoms with E-state index in [1.807, 2.05) is 18.2 Å². The molecule has 1 saturated heterocycles. The quantitative estimate of drug-likeness (QED) is 0.653. The molecular weight excluding hydrogens is 370 g/mol. The van der Waals surface area contributed by atoms with Crippen LogP contribution in [0.5, 0.6) is 0 Å². The number of ether oxygens (including phenoxy) is 1. The summed E-state index contributed by atoms with van der Waals surface area (Å²) < 4.78 is 6.66. The number of fused-ring (bicyclic) bond motifs is 1. The van der Waals surface area contributed by atoms with Crippen molar-refractivity contribution in [2.24, 2.45) is 0 Å². The van der Waals surface area contributed by atoms with Gasteiger partial charge in [-0.05, 0) is 30.5 Å². The predicted octanol–water partition coefficient (Wildman–Crippen LogP) is 4.75. The fourth-order valence-corrected chi connectivity index (χ4v) is 4.79. The van der Waals surface area contributed by atoms with Crippen molar-refractivity contribution in [2.45, 2.75) is 33.2 Å². The number of aromatic nitrogens is 1. The summed E-state index contributed by atoms with van der Waals surface area (Å²) in [5.74, 6) is 0.275. The maximum atomic E-state index is 13.2. The average molecular weight is 398 g/mol. The van der Waals surface area contributed by atoms with Crippen molar-refractivity contribution in [2.75, 3.05) is 31.6 Å². The number of amides is 1. The first kappa shape index (κ1) is 19.2. The molecule has 3 aromatic rings. The number of morpholine rings is 1. The fraction of sp³-hybridized carbons (Fsp3) is 0.409. The highest BCUT2D eigenvalue weighted by Gasteiger charge is 2.23. The van der Waals surface area contributed by atoms with Gasteiger partial charge in [-0.25, -0.2) is 0 Å². The van der Waals surface area contributed by atoms with Crippen molar-refractivity contribution in [3.8, 4) is 0 Å². The summed E-state index contributed by atoms with van der Waals surface area (Å²) in [6.45, 7) is 10.4. The molecule has 1 amide bonds. The molecule has 5 nitrogen and oxygen atoms in total. The first-order valence-corrected chi connectivity index (χ1v) is 10.7. The number of aryl methyl sites for hydroxylation is 1.